The van der Waals surface area contributed by atoms with Crippen molar-refractivity contribution in [3.05, 3.63) is 0 Å². The largest absolute Gasteiger partial charge is 0.378 e. The molecule has 3 rings (SSSR count). The van der Waals surface area contributed by atoms with E-state index < -0.39 is 0 Å². The van der Waals surface area contributed by atoms with E-state index in [-0.39, 0.29) is 0 Å². The highest BCUT2D eigenvalue weighted by Crippen LogP contribution is 2.43. The molecule has 0 radical (unpaired) electrons. The maximum atomic E-state index is 5.67. The molecular weight excluding hydrogens is 210 g/mol. The fraction of sp³-hybridized carbons (Fsp3) is 1.00. The standard InChI is InChI=1S/C15H27NO/c1-3-13(12-6-7-12)11-14(4-1)16-9-8-15-5-2-10-17-15/h12-16H,1-11H2. The molecule has 1 N–H and O–H groups in total. The van der Waals surface area contributed by atoms with Crippen molar-refractivity contribution >= 4 is 0 Å². The fourth-order valence-electron chi connectivity index (χ4n) is 3.73. The zero-order chi connectivity index (χ0) is 11.5. The average molecular weight is 237 g/mol. The van der Waals surface area contributed by atoms with E-state index in [1.165, 1.54) is 64.3 Å². The van der Waals surface area contributed by atoms with Gasteiger partial charge >= 0.3 is 0 Å². The Bertz CT molecular complexity index is 233. The van der Waals surface area contributed by atoms with Crippen LogP contribution >= 0.6 is 0 Å². The highest BCUT2D eigenvalue weighted by Gasteiger charge is 2.34. The molecule has 3 atom stereocenters. The van der Waals surface area contributed by atoms with E-state index in [4.69, 9.17) is 4.74 Å². The van der Waals surface area contributed by atoms with Crippen LogP contribution in [0, 0.1) is 11.8 Å². The smallest absolute Gasteiger partial charge is 0.0588 e. The lowest BCUT2D eigenvalue weighted by molar-refractivity contribution is 0.102. The molecule has 0 aromatic heterocycles. The lowest BCUT2D eigenvalue weighted by Gasteiger charge is -2.30. The van der Waals surface area contributed by atoms with Crippen LogP contribution in [0.3, 0.4) is 0 Å². The SMILES string of the molecule is C1COC(CCNC2CCCC(C3CC3)C2)C1. The van der Waals surface area contributed by atoms with Crippen LogP contribution in [0.1, 0.15) is 57.8 Å². The molecule has 0 bridgehead atoms. The van der Waals surface area contributed by atoms with Gasteiger partial charge < -0.3 is 10.1 Å². The maximum Gasteiger partial charge on any atom is 0.0588 e. The molecule has 1 aliphatic heterocycles. The molecule has 0 amide bonds. The second-order valence-corrected chi connectivity index (χ2v) is 6.34. The van der Waals surface area contributed by atoms with E-state index in [1.54, 1.807) is 0 Å². The van der Waals surface area contributed by atoms with Crippen molar-refractivity contribution in [2.24, 2.45) is 11.8 Å². The molecule has 98 valence electrons. The quantitative estimate of drug-likeness (QED) is 0.793. The topological polar surface area (TPSA) is 21.3 Å². The van der Waals surface area contributed by atoms with Crippen molar-refractivity contribution in [1.29, 1.82) is 0 Å². The van der Waals surface area contributed by atoms with Crippen LogP contribution in [0.25, 0.3) is 0 Å². The van der Waals surface area contributed by atoms with E-state index in [9.17, 15) is 0 Å². The van der Waals surface area contributed by atoms with Crippen LogP contribution in [-0.2, 0) is 4.74 Å². The third kappa shape index (κ3) is 3.45. The van der Waals surface area contributed by atoms with Gasteiger partial charge in [-0.2, -0.15) is 0 Å². The molecule has 17 heavy (non-hydrogen) atoms. The maximum absolute atomic E-state index is 5.67. The summed E-state index contributed by atoms with van der Waals surface area (Å²) >= 11 is 0. The molecule has 3 aliphatic rings. The molecular formula is C15H27NO. The van der Waals surface area contributed by atoms with E-state index in [0.29, 0.717) is 6.10 Å². The first-order valence-corrected chi connectivity index (χ1v) is 7.77. The second-order valence-electron chi connectivity index (χ2n) is 6.34. The third-order valence-corrected chi connectivity index (χ3v) is 4.93. The Morgan fingerprint density at radius 1 is 0.941 bits per heavy atom. The zero-order valence-electron chi connectivity index (χ0n) is 11.0. The van der Waals surface area contributed by atoms with Gasteiger partial charge in [-0.15, -0.1) is 0 Å². The van der Waals surface area contributed by atoms with Crippen LogP contribution in [0.5, 0.6) is 0 Å². The summed E-state index contributed by atoms with van der Waals surface area (Å²) in [5.74, 6) is 2.17. The normalized spacial score (nSPS) is 38.5. The Hall–Kier alpha value is -0.0800. The van der Waals surface area contributed by atoms with Crippen LogP contribution in [0.2, 0.25) is 0 Å². The summed E-state index contributed by atoms with van der Waals surface area (Å²) in [5, 5.41) is 3.78. The molecule has 0 spiro atoms. The van der Waals surface area contributed by atoms with Gasteiger partial charge in [-0.05, 0) is 63.3 Å². The summed E-state index contributed by atoms with van der Waals surface area (Å²) in [6.07, 6.45) is 13.2. The van der Waals surface area contributed by atoms with Crippen LogP contribution < -0.4 is 5.32 Å². The Morgan fingerprint density at radius 3 is 2.65 bits per heavy atom. The van der Waals surface area contributed by atoms with Crippen molar-refractivity contribution in [2.75, 3.05) is 13.2 Å². The predicted molar refractivity (Wildman–Crippen MR) is 70.1 cm³/mol. The van der Waals surface area contributed by atoms with Gasteiger partial charge in [-0.1, -0.05) is 12.8 Å². The first-order valence-electron chi connectivity index (χ1n) is 7.77. The van der Waals surface area contributed by atoms with Crippen LogP contribution in [-0.4, -0.2) is 25.3 Å². The highest BCUT2D eigenvalue weighted by molar-refractivity contribution is 4.87. The van der Waals surface area contributed by atoms with E-state index in [1.807, 2.05) is 0 Å². The van der Waals surface area contributed by atoms with Gasteiger partial charge in [0.1, 0.15) is 0 Å². The number of hydrogen-bond acceptors (Lipinski definition) is 2. The fourth-order valence-corrected chi connectivity index (χ4v) is 3.73. The Balaban J connectivity index is 1.33. The molecule has 2 nitrogen and oxygen atoms in total. The Labute approximate surface area is 105 Å². The molecule has 2 aliphatic carbocycles. The Kier molecular flexibility index (Phi) is 4.02. The lowest BCUT2D eigenvalue weighted by Crippen LogP contribution is -2.36. The first-order chi connectivity index (χ1) is 8.42. The summed E-state index contributed by atoms with van der Waals surface area (Å²) in [6, 6.07) is 0.816. The number of hydrogen-bond donors (Lipinski definition) is 1. The third-order valence-electron chi connectivity index (χ3n) is 4.93. The summed E-state index contributed by atoms with van der Waals surface area (Å²) < 4.78 is 5.67. The monoisotopic (exact) mass is 237 g/mol. The minimum absolute atomic E-state index is 0.560. The van der Waals surface area contributed by atoms with Crippen molar-refractivity contribution < 1.29 is 4.74 Å². The van der Waals surface area contributed by atoms with E-state index >= 15 is 0 Å². The molecule has 1 heterocycles. The minimum atomic E-state index is 0.560. The van der Waals surface area contributed by atoms with Crippen molar-refractivity contribution in [3.63, 3.8) is 0 Å². The minimum Gasteiger partial charge on any atom is -0.378 e. The second kappa shape index (κ2) is 5.71. The van der Waals surface area contributed by atoms with Gasteiger partial charge in [0.05, 0.1) is 6.10 Å². The lowest BCUT2D eigenvalue weighted by atomic mass is 9.82. The van der Waals surface area contributed by atoms with E-state index in [0.717, 1.165) is 24.5 Å². The van der Waals surface area contributed by atoms with Crippen molar-refractivity contribution in [3.8, 4) is 0 Å². The molecule has 2 saturated carbocycles. The van der Waals surface area contributed by atoms with Gasteiger partial charge in [-0.3, -0.25) is 0 Å². The molecule has 3 unspecified atom stereocenters. The van der Waals surface area contributed by atoms with Crippen molar-refractivity contribution in [1.82, 2.24) is 5.32 Å². The van der Waals surface area contributed by atoms with Crippen LogP contribution in [0.4, 0.5) is 0 Å². The number of nitrogens with one attached hydrogen (secondary N) is 1. The Morgan fingerprint density at radius 2 is 1.88 bits per heavy atom. The molecule has 2 heteroatoms. The summed E-state index contributed by atoms with van der Waals surface area (Å²) in [6.45, 7) is 2.17. The van der Waals surface area contributed by atoms with Crippen molar-refractivity contribution in [2.45, 2.75) is 69.9 Å². The molecule has 0 aromatic rings. The van der Waals surface area contributed by atoms with Gasteiger partial charge in [0, 0.05) is 12.6 Å². The summed E-state index contributed by atoms with van der Waals surface area (Å²) in [7, 11) is 0. The summed E-state index contributed by atoms with van der Waals surface area (Å²) in [5.41, 5.74) is 0. The first kappa shape index (κ1) is 12.0. The van der Waals surface area contributed by atoms with Gasteiger partial charge in [0.25, 0.3) is 0 Å². The predicted octanol–water partition coefficient (Wildman–Crippen LogP) is 3.11. The van der Waals surface area contributed by atoms with Gasteiger partial charge in [-0.25, -0.2) is 0 Å². The summed E-state index contributed by atoms with van der Waals surface area (Å²) in [4.78, 5) is 0. The average Bonchev–Trinajstić information content (AvgIpc) is 3.09. The zero-order valence-corrected chi connectivity index (χ0v) is 11.0. The highest BCUT2D eigenvalue weighted by atomic mass is 16.5. The van der Waals surface area contributed by atoms with Crippen LogP contribution in [0.15, 0.2) is 0 Å². The molecule has 1 saturated heterocycles. The van der Waals surface area contributed by atoms with Gasteiger partial charge in [0.15, 0.2) is 0 Å². The number of ether oxygens (including phenoxy) is 1. The van der Waals surface area contributed by atoms with E-state index in [2.05, 4.69) is 5.32 Å². The molecule has 3 fully saturated rings. The number of rotatable bonds is 5. The van der Waals surface area contributed by atoms with Gasteiger partial charge in [0.2, 0.25) is 0 Å². The molecule has 0 aromatic carbocycles.